The number of amides is 2. The van der Waals surface area contributed by atoms with E-state index in [4.69, 9.17) is 4.98 Å². The second-order valence-electron chi connectivity index (χ2n) is 10.3. The number of nitrogens with zero attached hydrogens (tertiary/aromatic N) is 5. The molecular formula is C26H32F3N7O2. The third-order valence-corrected chi connectivity index (χ3v) is 7.75. The Labute approximate surface area is 218 Å². The molecule has 1 aliphatic carbocycles. The maximum Gasteiger partial charge on any atom is 0.393 e. The number of carbonyl (C=O) groups excluding carboxylic acids is 2. The molecule has 5 rings (SSSR count). The van der Waals surface area contributed by atoms with Gasteiger partial charge in [0.1, 0.15) is 5.69 Å². The van der Waals surface area contributed by atoms with Crippen LogP contribution in [-0.4, -0.2) is 48.9 Å². The van der Waals surface area contributed by atoms with Crippen LogP contribution in [0.2, 0.25) is 0 Å². The van der Waals surface area contributed by atoms with Crippen molar-refractivity contribution in [3.05, 3.63) is 47.7 Å². The van der Waals surface area contributed by atoms with Crippen LogP contribution in [0, 0.1) is 17.8 Å². The van der Waals surface area contributed by atoms with E-state index in [-0.39, 0.29) is 43.2 Å². The fraction of sp³-hybridized carbons (Fsp3) is 0.577. The fourth-order valence-corrected chi connectivity index (χ4v) is 5.67. The smallest absolute Gasteiger partial charge is 0.355 e. The van der Waals surface area contributed by atoms with Gasteiger partial charge >= 0.3 is 6.18 Å². The molecular weight excluding hydrogens is 499 g/mol. The maximum absolute atomic E-state index is 13.2. The highest BCUT2D eigenvalue weighted by Crippen LogP contribution is 2.35. The van der Waals surface area contributed by atoms with Crippen molar-refractivity contribution in [1.29, 1.82) is 0 Å². The number of carbonyl (C=O) groups is 2. The van der Waals surface area contributed by atoms with E-state index in [1.54, 1.807) is 39.8 Å². The first-order valence-corrected chi connectivity index (χ1v) is 13.2. The number of aromatic nitrogens is 5. The standard InChI is InChI=1S/C26H32F3N7O2/c1-2-35-21(10-11-31-35)25(38)33-23(16-6-4-3-5-7-16)20-15-36-22(32-20)9-8-19(34-36)13-17-12-18(26(27,28)29)14-30-24(17)37/h8-11,15-18,23H,2-7,12-14H2,1H3,(H,30,37)(H,33,38)/t17?,18-,23+/m1/s1. The number of fused-ring (bicyclic) bond motifs is 1. The normalized spacial score (nSPS) is 21.8. The molecule has 0 radical (unpaired) electrons. The highest BCUT2D eigenvalue weighted by molar-refractivity contribution is 5.92. The van der Waals surface area contributed by atoms with Crippen molar-refractivity contribution in [2.45, 2.75) is 70.6 Å². The van der Waals surface area contributed by atoms with Crippen LogP contribution in [0.5, 0.6) is 0 Å². The van der Waals surface area contributed by atoms with Crippen LogP contribution in [0.4, 0.5) is 13.2 Å². The first-order chi connectivity index (χ1) is 18.2. The number of aryl methyl sites for hydroxylation is 1. The minimum Gasteiger partial charge on any atom is -0.355 e. The fourth-order valence-electron chi connectivity index (χ4n) is 5.67. The summed E-state index contributed by atoms with van der Waals surface area (Å²) in [5.74, 6) is -2.74. The summed E-state index contributed by atoms with van der Waals surface area (Å²) in [7, 11) is 0. The third kappa shape index (κ3) is 5.53. The molecule has 3 aromatic rings. The summed E-state index contributed by atoms with van der Waals surface area (Å²) in [5.41, 5.74) is 2.25. The van der Waals surface area contributed by atoms with E-state index in [1.807, 2.05) is 6.92 Å². The molecule has 9 nitrogen and oxygen atoms in total. The Morgan fingerprint density at radius 2 is 2.00 bits per heavy atom. The van der Waals surface area contributed by atoms with Gasteiger partial charge in [0.15, 0.2) is 5.65 Å². The van der Waals surface area contributed by atoms with E-state index in [0.717, 1.165) is 25.7 Å². The quantitative estimate of drug-likeness (QED) is 0.482. The summed E-state index contributed by atoms with van der Waals surface area (Å²) in [4.78, 5) is 30.2. The number of rotatable bonds is 7. The molecule has 3 aromatic heterocycles. The summed E-state index contributed by atoms with van der Waals surface area (Å²) >= 11 is 0. The molecule has 2 N–H and O–H groups in total. The molecule has 2 fully saturated rings. The van der Waals surface area contributed by atoms with Crippen molar-refractivity contribution in [1.82, 2.24) is 35.0 Å². The van der Waals surface area contributed by atoms with Crippen LogP contribution >= 0.6 is 0 Å². The lowest BCUT2D eigenvalue weighted by Crippen LogP contribution is -2.47. The molecule has 1 saturated heterocycles. The Kier molecular flexibility index (Phi) is 7.40. The Balaban J connectivity index is 1.38. The van der Waals surface area contributed by atoms with Crippen LogP contribution in [0.3, 0.4) is 0 Å². The molecule has 2 aliphatic rings. The molecule has 1 aliphatic heterocycles. The van der Waals surface area contributed by atoms with Crippen molar-refractivity contribution >= 4 is 17.5 Å². The van der Waals surface area contributed by atoms with Gasteiger partial charge in [-0.3, -0.25) is 14.3 Å². The zero-order valence-electron chi connectivity index (χ0n) is 21.2. The van der Waals surface area contributed by atoms with Gasteiger partial charge in [-0.2, -0.15) is 23.4 Å². The molecule has 4 heterocycles. The van der Waals surface area contributed by atoms with Gasteiger partial charge in [0.05, 0.1) is 29.5 Å². The lowest BCUT2D eigenvalue weighted by atomic mass is 9.82. The minimum atomic E-state index is -4.35. The van der Waals surface area contributed by atoms with E-state index >= 15 is 0 Å². The zero-order valence-corrected chi connectivity index (χ0v) is 21.2. The summed E-state index contributed by atoms with van der Waals surface area (Å²) in [6.45, 7) is 2.12. The Morgan fingerprint density at radius 3 is 2.74 bits per heavy atom. The SMILES string of the molecule is CCn1nccc1C(=O)N[C@H](c1cn2nc(CC3C[C@@H](C(F)(F)F)CNC3=O)ccc2n1)C1CCCCC1. The summed E-state index contributed by atoms with van der Waals surface area (Å²) in [5, 5.41) is 14.3. The minimum absolute atomic E-state index is 0.103. The first-order valence-electron chi connectivity index (χ1n) is 13.2. The average Bonchev–Trinajstić information content (AvgIpc) is 3.55. The summed E-state index contributed by atoms with van der Waals surface area (Å²) in [6.07, 6.45) is 4.16. The van der Waals surface area contributed by atoms with Crippen LogP contribution < -0.4 is 10.6 Å². The molecule has 1 saturated carbocycles. The Hall–Kier alpha value is -3.44. The van der Waals surface area contributed by atoms with E-state index in [1.165, 1.54) is 6.42 Å². The molecule has 0 aromatic carbocycles. The highest BCUT2D eigenvalue weighted by atomic mass is 19.4. The summed E-state index contributed by atoms with van der Waals surface area (Å²) < 4.78 is 42.9. The molecule has 2 amide bonds. The summed E-state index contributed by atoms with van der Waals surface area (Å²) in [6, 6.07) is 4.83. The van der Waals surface area contributed by atoms with E-state index in [9.17, 15) is 22.8 Å². The van der Waals surface area contributed by atoms with Crippen molar-refractivity contribution in [3.63, 3.8) is 0 Å². The van der Waals surface area contributed by atoms with Crippen LogP contribution in [-0.2, 0) is 17.8 Å². The molecule has 38 heavy (non-hydrogen) atoms. The van der Waals surface area contributed by atoms with Gasteiger partial charge in [-0.25, -0.2) is 9.50 Å². The topological polar surface area (TPSA) is 106 Å². The number of halogens is 3. The molecule has 0 bridgehead atoms. The van der Waals surface area contributed by atoms with Gasteiger partial charge in [-0.05, 0) is 50.3 Å². The van der Waals surface area contributed by atoms with Gasteiger partial charge in [-0.15, -0.1) is 0 Å². The van der Waals surface area contributed by atoms with Crippen LogP contribution in [0.25, 0.3) is 5.65 Å². The monoisotopic (exact) mass is 531 g/mol. The predicted molar refractivity (Wildman–Crippen MR) is 132 cm³/mol. The van der Waals surface area contributed by atoms with Gasteiger partial charge in [0.25, 0.3) is 5.91 Å². The molecule has 1 unspecified atom stereocenters. The van der Waals surface area contributed by atoms with Gasteiger partial charge in [-0.1, -0.05) is 19.3 Å². The number of imidazole rings is 1. The molecule has 3 atom stereocenters. The van der Waals surface area contributed by atoms with E-state index < -0.39 is 18.0 Å². The largest absolute Gasteiger partial charge is 0.393 e. The second kappa shape index (κ2) is 10.7. The number of hydrogen-bond donors (Lipinski definition) is 2. The number of alkyl halides is 3. The van der Waals surface area contributed by atoms with Crippen molar-refractivity contribution in [3.8, 4) is 0 Å². The predicted octanol–water partition coefficient (Wildman–Crippen LogP) is 3.85. The van der Waals surface area contributed by atoms with Crippen molar-refractivity contribution in [2.24, 2.45) is 17.8 Å². The number of piperidine rings is 1. The number of nitrogens with one attached hydrogen (secondary N) is 2. The maximum atomic E-state index is 13.2. The van der Waals surface area contributed by atoms with Crippen LogP contribution in [0.15, 0.2) is 30.6 Å². The van der Waals surface area contributed by atoms with Crippen LogP contribution in [0.1, 0.15) is 73.4 Å². The lowest BCUT2D eigenvalue weighted by Gasteiger charge is -2.30. The molecule has 0 spiro atoms. The first kappa shape index (κ1) is 26.2. The van der Waals surface area contributed by atoms with E-state index in [2.05, 4.69) is 20.8 Å². The number of hydrogen-bond acceptors (Lipinski definition) is 5. The molecule has 12 heteroatoms. The van der Waals surface area contributed by atoms with Gasteiger partial charge in [0, 0.05) is 31.6 Å². The molecule has 204 valence electrons. The van der Waals surface area contributed by atoms with E-state index in [0.29, 0.717) is 29.3 Å². The third-order valence-electron chi connectivity index (χ3n) is 7.75. The average molecular weight is 532 g/mol. The van der Waals surface area contributed by atoms with Crippen molar-refractivity contribution in [2.75, 3.05) is 6.54 Å². The van der Waals surface area contributed by atoms with Gasteiger partial charge in [0.2, 0.25) is 5.91 Å². The Morgan fingerprint density at radius 1 is 1.21 bits per heavy atom. The van der Waals surface area contributed by atoms with Gasteiger partial charge < -0.3 is 10.6 Å². The van der Waals surface area contributed by atoms with Crippen molar-refractivity contribution < 1.29 is 22.8 Å². The highest BCUT2D eigenvalue weighted by Gasteiger charge is 2.44. The Bertz CT molecular complexity index is 1300. The lowest BCUT2D eigenvalue weighted by molar-refractivity contribution is -0.183. The zero-order chi connectivity index (χ0) is 26.9. The second-order valence-corrected chi connectivity index (χ2v) is 10.3.